The average molecular weight is 304 g/mol. The van der Waals surface area contributed by atoms with Crippen molar-refractivity contribution in [3.8, 4) is 5.75 Å². The zero-order valence-electron chi connectivity index (χ0n) is 10.9. The molecule has 2 rings (SSSR count). The van der Waals surface area contributed by atoms with Crippen molar-refractivity contribution in [3.05, 3.63) is 58.6 Å². The van der Waals surface area contributed by atoms with Crippen LogP contribution in [0.15, 0.2) is 53.4 Å². The number of phenols is 1. The monoisotopic (exact) mass is 304 g/mol. The van der Waals surface area contributed by atoms with Crippen LogP contribution < -0.4 is 5.32 Å². The lowest BCUT2D eigenvalue weighted by molar-refractivity contribution is -0.384. The Morgan fingerprint density at radius 1 is 1.24 bits per heavy atom. The molecular weight excluding hydrogens is 292 g/mol. The van der Waals surface area contributed by atoms with E-state index in [0.29, 0.717) is 0 Å². The van der Waals surface area contributed by atoms with E-state index in [4.69, 9.17) is 0 Å². The minimum atomic E-state index is -0.589. The second-order valence-corrected chi connectivity index (χ2v) is 5.16. The summed E-state index contributed by atoms with van der Waals surface area (Å²) in [7, 11) is 0. The summed E-state index contributed by atoms with van der Waals surface area (Å²) in [6.45, 7) is 0. The van der Waals surface area contributed by atoms with Crippen molar-refractivity contribution in [2.75, 3.05) is 11.1 Å². The number of nitro benzene ring substituents is 1. The summed E-state index contributed by atoms with van der Waals surface area (Å²) in [4.78, 5) is 22.8. The molecule has 0 bridgehead atoms. The van der Waals surface area contributed by atoms with E-state index in [1.807, 2.05) is 30.3 Å². The average Bonchev–Trinajstić information content (AvgIpc) is 2.48. The maximum absolute atomic E-state index is 11.8. The number of phenolic OH excluding ortho intramolecular Hbond substituents is 1. The van der Waals surface area contributed by atoms with Crippen molar-refractivity contribution >= 4 is 29.0 Å². The molecule has 0 atom stereocenters. The predicted molar refractivity (Wildman–Crippen MR) is 80.6 cm³/mol. The van der Waals surface area contributed by atoms with Crippen molar-refractivity contribution in [3.63, 3.8) is 0 Å². The SMILES string of the molecule is O=C(CSc1ccccc1)Nc1cc([N+](=O)[O-])ccc1O. The van der Waals surface area contributed by atoms with Gasteiger partial charge in [0.1, 0.15) is 5.75 Å². The quantitative estimate of drug-likeness (QED) is 0.383. The zero-order valence-corrected chi connectivity index (χ0v) is 11.7. The van der Waals surface area contributed by atoms with Gasteiger partial charge in [-0.1, -0.05) is 18.2 Å². The highest BCUT2D eigenvalue weighted by atomic mass is 32.2. The van der Waals surface area contributed by atoms with Crippen LogP contribution in [0.4, 0.5) is 11.4 Å². The lowest BCUT2D eigenvalue weighted by Crippen LogP contribution is -2.14. The molecule has 0 fully saturated rings. The van der Waals surface area contributed by atoms with E-state index in [-0.39, 0.29) is 28.8 Å². The standard InChI is InChI=1S/C14H12N2O4S/c17-13-7-6-10(16(19)20)8-12(13)15-14(18)9-21-11-4-2-1-3-5-11/h1-8,17H,9H2,(H,15,18). The lowest BCUT2D eigenvalue weighted by Gasteiger charge is -2.07. The van der Waals surface area contributed by atoms with E-state index in [9.17, 15) is 20.0 Å². The molecule has 0 aliphatic heterocycles. The van der Waals surface area contributed by atoms with Gasteiger partial charge in [-0.05, 0) is 18.2 Å². The largest absolute Gasteiger partial charge is 0.506 e. The highest BCUT2D eigenvalue weighted by Crippen LogP contribution is 2.28. The van der Waals surface area contributed by atoms with Crippen LogP contribution in [0, 0.1) is 10.1 Å². The van der Waals surface area contributed by atoms with Crippen LogP contribution in [0.25, 0.3) is 0 Å². The third kappa shape index (κ3) is 4.22. The number of benzene rings is 2. The maximum atomic E-state index is 11.8. The number of aromatic hydroxyl groups is 1. The molecule has 2 aromatic carbocycles. The fourth-order valence-electron chi connectivity index (χ4n) is 1.59. The highest BCUT2D eigenvalue weighted by molar-refractivity contribution is 8.00. The Kier molecular flexibility index (Phi) is 4.78. The Balaban J connectivity index is 1.99. The number of carbonyl (C=O) groups is 1. The van der Waals surface area contributed by atoms with Gasteiger partial charge in [0.2, 0.25) is 5.91 Å². The van der Waals surface area contributed by atoms with Gasteiger partial charge in [-0.25, -0.2) is 0 Å². The van der Waals surface area contributed by atoms with Crippen LogP contribution in [-0.4, -0.2) is 21.7 Å². The Morgan fingerprint density at radius 2 is 1.95 bits per heavy atom. The summed E-state index contributed by atoms with van der Waals surface area (Å²) in [6.07, 6.45) is 0. The van der Waals surface area contributed by atoms with Gasteiger partial charge in [0.15, 0.2) is 0 Å². The van der Waals surface area contributed by atoms with E-state index >= 15 is 0 Å². The molecule has 2 aromatic rings. The summed E-state index contributed by atoms with van der Waals surface area (Å²) in [5.74, 6) is -0.412. The Morgan fingerprint density at radius 3 is 2.62 bits per heavy atom. The van der Waals surface area contributed by atoms with E-state index in [2.05, 4.69) is 5.32 Å². The Bertz CT molecular complexity index is 661. The molecule has 0 aliphatic rings. The van der Waals surface area contributed by atoms with Crippen molar-refractivity contribution in [1.29, 1.82) is 0 Å². The van der Waals surface area contributed by atoms with Gasteiger partial charge in [-0.15, -0.1) is 11.8 Å². The fraction of sp³-hybridized carbons (Fsp3) is 0.0714. The van der Waals surface area contributed by atoms with E-state index in [1.54, 1.807) is 0 Å². The second kappa shape index (κ2) is 6.76. The summed E-state index contributed by atoms with van der Waals surface area (Å²) >= 11 is 1.34. The number of non-ortho nitro benzene ring substituents is 1. The minimum Gasteiger partial charge on any atom is -0.506 e. The number of anilines is 1. The first-order valence-corrected chi connectivity index (χ1v) is 7.00. The van der Waals surface area contributed by atoms with Crippen LogP contribution >= 0.6 is 11.8 Å². The first-order valence-electron chi connectivity index (χ1n) is 6.01. The summed E-state index contributed by atoms with van der Waals surface area (Å²) in [6, 6.07) is 12.8. The number of hydrogen-bond acceptors (Lipinski definition) is 5. The highest BCUT2D eigenvalue weighted by Gasteiger charge is 2.12. The van der Waals surface area contributed by atoms with E-state index in [1.165, 1.54) is 23.9 Å². The maximum Gasteiger partial charge on any atom is 0.271 e. The number of thioether (sulfide) groups is 1. The van der Waals surface area contributed by atoms with Gasteiger partial charge >= 0.3 is 0 Å². The molecule has 0 aliphatic carbocycles. The third-order valence-electron chi connectivity index (χ3n) is 2.58. The topological polar surface area (TPSA) is 92.5 Å². The van der Waals surface area contributed by atoms with Crippen LogP contribution in [0.3, 0.4) is 0 Å². The summed E-state index contributed by atoms with van der Waals surface area (Å²) in [5, 5.41) is 22.7. The molecule has 7 heteroatoms. The first kappa shape index (κ1) is 14.9. The first-order chi connectivity index (χ1) is 10.1. The zero-order chi connectivity index (χ0) is 15.2. The number of nitrogens with one attached hydrogen (secondary N) is 1. The van der Waals surface area contributed by atoms with Gasteiger partial charge in [-0.3, -0.25) is 14.9 Å². The van der Waals surface area contributed by atoms with Gasteiger partial charge in [0.05, 0.1) is 16.4 Å². The molecule has 0 unspecified atom stereocenters. The number of amides is 1. The summed E-state index contributed by atoms with van der Waals surface area (Å²) in [5.41, 5.74) is -0.165. The molecule has 0 saturated heterocycles. The normalized spacial score (nSPS) is 10.1. The van der Waals surface area contributed by atoms with Gasteiger partial charge in [0, 0.05) is 17.0 Å². The summed E-state index contributed by atoms with van der Waals surface area (Å²) < 4.78 is 0. The molecule has 6 nitrogen and oxygen atoms in total. The predicted octanol–water partition coefficient (Wildman–Crippen LogP) is 3.03. The van der Waals surface area contributed by atoms with E-state index in [0.717, 1.165) is 11.0 Å². The molecule has 108 valence electrons. The molecular formula is C14H12N2O4S. The van der Waals surface area contributed by atoms with Crippen molar-refractivity contribution in [2.45, 2.75) is 4.90 Å². The molecule has 1 amide bonds. The second-order valence-electron chi connectivity index (χ2n) is 4.11. The lowest BCUT2D eigenvalue weighted by atomic mass is 10.2. The van der Waals surface area contributed by atoms with Gasteiger partial charge < -0.3 is 10.4 Å². The van der Waals surface area contributed by atoms with Crippen LogP contribution in [0.1, 0.15) is 0 Å². The smallest absolute Gasteiger partial charge is 0.271 e. The van der Waals surface area contributed by atoms with Gasteiger partial charge in [0.25, 0.3) is 5.69 Å². The van der Waals surface area contributed by atoms with Gasteiger partial charge in [-0.2, -0.15) is 0 Å². The number of nitro groups is 1. The molecule has 0 aromatic heterocycles. The molecule has 2 N–H and O–H groups in total. The molecule has 0 radical (unpaired) electrons. The van der Waals surface area contributed by atoms with Crippen LogP contribution in [0.2, 0.25) is 0 Å². The minimum absolute atomic E-state index is 0.0304. The van der Waals surface area contributed by atoms with Crippen molar-refractivity contribution < 1.29 is 14.8 Å². The number of nitrogens with zero attached hydrogens (tertiary/aromatic N) is 1. The number of carbonyl (C=O) groups excluding carboxylic acids is 1. The molecule has 0 spiro atoms. The van der Waals surface area contributed by atoms with E-state index < -0.39 is 4.92 Å². The van der Waals surface area contributed by atoms with Crippen LogP contribution in [0.5, 0.6) is 5.75 Å². The molecule has 0 saturated carbocycles. The Hall–Kier alpha value is -2.54. The van der Waals surface area contributed by atoms with Crippen molar-refractivity contribution in [2.24, 2.45) is 0 Å². The van der Waals surface area contributed by atoms with Crippen molar-refractivity contribution in [1.82, 2.24) is 0 Å². The number of hydrogen-bond donors (Lipinski definition) is 2. The van der Waals surface area contributed by atoms with Crippen LogP contribution in [-0.2, 0) is 4.79 Å². The number of rotatable bonds is 5. The molecule has 0 heterocycles. The third-order valence-corrected chi connectivity index (χ3v) is 3.59. The Labute approximate surface area is 125 Å². The molecule has 21 heavy (non-hydrogen) atoms. The fourth-order valence-corrected chi connectivity index (χ4v) is 2.31.